The summed E-state index contributed by atoms with van der Waals surface area (Å²) in [7, 11) is -3.89. The lowest BCUT2D eigenvalue weighted by Crippen LogP contribution is -2.34. The molecule has 27 heavy (non-hydrogen) atoms. The van der Waals surface area contributed by atoms with E-state index < -0.39 is 15.9 Å². The summed E-state index contributed by atoms with van der Waals surface area (Å²) < 4.78 is 25.6. The Kier molecular flexibility index (Phi) is 7.03. The SMILES string of the molecule is CC(=O)NS(=O)(=O)c1ccc(NC(=S)NC(=O)CCc2ccccc2)cc1. The molecule has 0 aliphatic heterocycles. The maximum atomic E-state index is 11.9. The van der Waals surface area contributed by atoms with Crippen molar-refractivity contribution in [2.75, 3.05) is 5.32 Å². The predicted molar refractivity (Wildman–Crippen MR) is 107 cm³/mol. The van der Waals surface area contributed by atoms with Gasteiger partial charge in [0.05, 0.1) is 4.90 Å². The molecule has 2 aromatic carbocycles. The normalized spacial score (nSPS) is 10.7. The zero-order valence-corrected chi connectivity index (χ0v) is 16.2. The second-order valence-electron chi connectivity index (χ2n) is 5.67. The molecule has 2 amide bonds. The molecule has 142 valence electrons. The zero-order chi connectivity index (χ0) is 19.9. The average Bonchev–Trinajstić information content (AvgIpc) is 2.60. The highest BCUT2D eigenvalue weighted by Gasteiger charge is 2.15. The highest BCUT2D eigenvalue weighted by Crippen LogP contribution is 2.14. The van der Waals surface area contributed by atoms with Crippen molar-refractivity contribution < 1.29 is 18.0 Å². The summed E-state index contributed by atoms with van der Waals surface area (Å²) in [5.41, 5.74) is 1.56. The Morgan fingerprint density at radius 3 is 2.22 bits per heavy atom. The molecule has 0 aromatic heterocycles. The number of sulfonamides is 1. The van der Waals surface area contributed by atoms with Crippen LogP contribution >= 0.6 is 12.2 Å². The van der Waals surface area contributed by atoms with Gasteiger partial charge in [0.1, 0.15) is 0 Å². The summed E-state index contributed by atoms with van der Waals surface area (Å²) in [6.07, 6.45) is 0.894. The van der Waals surface area contributed by atoms with Crippen molar-refractivity contribution >= 4 is 44.9 Å². The molecule has 3 N–H and O–H groups in total. The predicted octanol–water partition coefficient (Wildman–Crippen LogP) is 1.96. The first-order valence-corrected chi connectivity index (χ1v) is 9.93. The van der Waals surface area contributed by atoms with Crippen LogP contribution in [0.5, 0.6) is 0 Å². The topological polar surface area (TPSA) is 104 Å². The van der Waals surface area contributed by atoms with Crippen LogP contribution in [0.15, 0.2) is 59.5 Å². The van der Waals surface area contributed by atoms with Crippen LogP contribution in [0.2, 0.25) is 0 Å². The summed E-state index contributed by atoms with van der Waals surface area (Å²) in [5, 5.41) is 5.50. The van der Waals surface area contributed by atoms with Gasteiger partial charge in [-0.1, -0.05) is 30.3 Å². The Balaban J connectivity index is 1.86. The first kappa shape index (κ1) is 20.5. The monoisotopic (exact) mass is 405 g/mol. The summed E-state index contributed by atoms with van der Waals surface area (Å²) in [6, 6.07) is 15.2. The van der Waals surface area contributed by atoms with E-state index in [9.17, 15) is 18.0 Å². The van der Waals surface area contributed by atoms with Gasteiger partial charge in [0.15, 0.2) is 5.11 Å². The highest BCUT2D eigenvalue weighted by molar-refractivity contribution is 7.90. The first-order chi connectivity index (χ1) is 12.8. The molecule has 2 aromatic rings. The lowest BCUT2D eigenvalue weighted by Gasteiger charge is -2.10. The molecular formula is C18H19N3O4S2. The number of thiocarbonyl (C=S) groups is 1. The number of rotatable bonds is 6. The van der Waals surface area contributed by atoms with E-state index in [4.69, 9.17) is 12.2 Å². The van der Waals surface area contributed by atoms with E-state index in [1.165, 1.54) is 24.3 Å². The Morgan fingerprint density at radius 1 is 1.00 bits per heavy atom. The fraction of sp³-hybridized carbons (Fsp3) is 0.167. The number of nitrogens with one attached hydrogen (secondary N) is 3. The maximum Gasteiger partial charge on any atom is 0.264 e. The Hall–Kier alpha value is -2.78. The Morgan fingerprint density at radius 2 is 1.63 bits per heavy atom. The van der Waals surface area contributed by atoms with E-state index in [0.29, 0.717) is 18.5 Å². The van der Waals surface area contributed by atoms with Gasteiger partial charge in [-0.3, -0.25) is 9.59 Å². The molecule has 0 saturated heterocycles. The molecule has 0 heterocycles. The number of amides is 2. The number of anilines is 1. The van der Waals surface area contributed by atoms with Crippen molar-refractivity contribution in [3.8, 4) is 0 Å². The summed E-state index contributed by atoms with van der Waals surface area (Å²) in [5.74, 6) is -0.891. The molecule has 0 aliphatic carbocycles. The first-order valence-electron chi connectivity index (χ1n) is 8.04. The van der Waals surface area contributed by atoms with E-state index in [2.05, 4.69) is 10.6 Å². The second kappa shape index (κ2) is 9.24. The van der Waals surface area contributed by atoms with Crippen molar-refractivity contribution in [3.63, 3.8) is 0 Å². The molecule has 0 saturated carbocycles. The third-order valence-electron chi connectivity index (χ3n) is 3.44. The van der Waals surface area contributed by atoms with E-state index in [1.54, 1.807) is 0 Å². The van der Waals surface area contributed by atoms with Crippen molar-refractivity contribution in [2.45, 2.75) is 24.7 Å². The van der Waals surface area contributed by atoms with Crippen LogP contribution in [0.3, 0.4) is 0 Å². The molecule has 0 bridgehead atoms. The van der Waals surface area contributed by atoms with Crippen LogP contribution < -0.4 is 15.4 Å². The van der Waals surface area contributed by atoms with Crippen LogP contribution in [0.25, 0.3) is 0 Å². The van der Waals surface area contributed by atoms with Crippen LogP contribution in [0.4, 0.5) is 5.69 Å². The van der Waals surface area contributed by atoms with Gasteiger partial charge >= 0.3 is 0 Å². The fourth-order valence-electron chi connectivity index (χ4n) is 2.22. The Bertz CT molecular complexity index is 927. The largest absolute Gasteiger partial charge is 0.332 e. The zero-order valence-electron chi connectivity index (χ0n) is 14.6. The van der Waals surface area contributed by atoms with E-state index in [0.717, 1.165) is 12.5 Å². The van der Waals surface area contributed by atoms with Crippen LogP contribution in [-0.2, 0) is 26.0 Å². The summed E-state index contributed by atoms with van der Waals surface area (Å²) >= 11 is 5.09. The molecule has 7 nitrogen and oxygen atoms in total. The molecular weight excluding hydrogens is 386 g/mol. The average molecular weight is 406 g/mol. The van der Waals surface area contributed by atoms with Gasteiger partial charge in [-0.2, -0.15) is 0 Å². The molecule has 0 aliphatic rings. The van der Waals surface area contributed by atoms with Crippen LogP contribution in [0.1, 0.15) is 18.9 Å². The van der Waals surface area contributed by atoms with E-state index in [1.807, 2.05) is 35.1 Å². The number of hydrogen-bond acceptors (Lipinski definition) is 5. The van der Waals surface area contributed by atoms with Gasteiger partial charge in [0, 0.05) is 19.0 Å². The molecule has 2 rings (SSSR count). The molecule has 0 unspecified atom stereocenters. The van der Waals surface area contributed by atoms with E-state index >= 15 is 0 Å². The van der Waals surface area contributed by atoms with Crippen LogP contribution in [-0.4, -0.2) is 25.3 Å². The molecule has 0 spiro atoms. The van der Waals surface area contributed by atoms with Gasteiger partial charge in [-0.25, -0.2) is 13.1 Å². The number of carbonyl (C=O) groups is 2. The minimum absolute atomic E-state index is 0.0546. The molecule has 0 fully saturated rings. The smallest absolute Gasteiger partial charge is 0.264 e. The van der Waals surface area contributed by atoms with Gasteiger partial charge in [0.2, 0.25) is 11.8 Å². The summed E-state index contributed by atoms with van der Waals surface area (Å²) in [4.78, 5) is 22.8. The Labute approximate surface area is 163 Å². The highest BCUT2D eigenvalue weighted by atomic mass is 32.2. The van der Waals surface area contributed by atoms with Crippen molar-refractivity contribution in [3.05, 3.63) is 60.2 Å². The third kappa shape index (κ3) is 6.80. The third-order valence-corrected chi connectivity index (χ3v) is 5.09. The number of benzene rings is 2. The maximum absolute atomic E-state index is 11.9. The fourth-order valence-corrected chi connectivity index (χ4v) is 3.44. The minimum Gasteiger partial charge on any atom is -0.332 e. The lowest BCUT2D eigenvalue weighted by atomic mass is 10.1. The van der Waals surface area contributed by atoms with Gasteiger partial charge in [-0.15, -0.1) is 0 Å². The second-order valence-corrected chi connectivity index (χ2v) is 7.76. The van der Waals surface area contributed by atoms with Crippen molar-refractivity contribution in [1.82, 2.24) is 10.0 Å². The van der Waals surface area contributed by atoms with Crippen LogP contribution in [0, 0.1) is 0 Å². The summed E-state index contributed by atoms with van der Waals surface area (Å²) in [6.45, 7) is 1.12. The quantitative estimate of drug-likeness (QED) is 0.635. The number of hydrogen-bond donors (Lipinski definition) is 3. The van der Waals surface area contributed by atoms with E-state index in [-0.39, 0.29) is 15.9 Å². The van der Waals surface area contributed by atoms with Crippen molar-refractivity contribution in [2.24, 2.45) is 0 Å². The standard InChI is InChI=1S/C18H19N3O4S2/c1-13(22)21-27(24,25)16-10-8-15(9-11-16)19-18(26)20-17(23)12-7-14-5-3-2-4-6-14/h2-6,8-11H,7,12H2,1H3,(H,21,22)(H2,19,20,23,26). The van der Waals surface area contributed by atoms with Gasteiger partial charge in [-0.05, 0) is 48.5 Å². The van der Waals surface area contributed by atoms with Gasteiger partial charge in [0.25, 0.3) is 10.0 Å². The van der Waals surface area contributed by atoms with Crippen molar-refractivity contribution in [1.29, 1.82) is 0 Å². The number of carbonyl (C=O) groups excluding carboxylic acids is 2. The number of aryl methyl sites for hydroxylation is 1. The molecule has 9 heteroatoms. The molecule has 0 atom stereocenters. The van der Waals surface area contributed by atoms with Gasteiger partial charge < -0.3 is 10.6 Å². The molecule has 0 radical (unpaired) electrons. The lowest BCUT2D eigenvalue weighted by molar-refractivity contribution is -0.119. The minimum atomic E-state index is -3.89.